The van der Waals surface area contributed by atoms with Crippen molar-refractivity contribution in [3.8, 4) is 11.5 Å². The first kappa shape index (κ1) is 30.2. The first-order chi connectivity index (χ1) is 16.7. The van der Waals surface area contributed by atoms with Crippen molar-refractivity contribution >= 4 is 11.9 Å². The Balaban J connectivity index is 2.06. The third-order valence-corrected chi connectivity index (χ3v) is 6.26. The molecule has 0 aliphatic heterocycles. The Morgan fingerprint density at radius 1 is 0.471 bits per heavy atom. The summed E-state index contributed by atoms with van der Waals surface area (Å²) >= 11 is 0. The zero-order chi connectivity index (χ0) is 24.7. The molecule has 4 nitrogen and oxygen atoms in total. The van der Waals surface area contributed by atoms with Gasteiger partial charge in [-0.15, -0.1) is 0 Å². The lowest BCUT2D eigenvalue weighted by atomic mass is 10.1. The molecule has 0 bridgehead atoms. The average molecular weight is 475 g/mol. The zero-order valence-electron chi connectivity index (χ0n) is 22.1. The Morgan fingerprint density at radius 3 is 1.03 bits per heavy atom. The van der Waals surface area contributed by atoms with Gasteiger partial charge >= 0.3 is 11.9 Å². The van der Waals surface area contributed by atoms with Gasteiger partial charge in [-0.05, 0) is 37.1 Å². The monoisotopic (exact) mass is 474 g/mol. The van der Waals surface area contributed by atoms with Gasteiger partial charge in [-0.25, -0.2) is 0 Å². The summed E-state index contributed by atoms with van der Waals surface area (Å²) in [7, 11) is 0. The van der Waals surface area contributed by atoms with Crippen LogP contribution in [0.4, 0.5) is 0 Å². The fraction of sp³-hybridized carbons (Fsp3) is 0.733. The summed E-state index contributed by atoms with van der Waals surface area (Å²) in [6.45, 7) is 4.48. The predicted molar refractivity (Wildman–Crippen MR) is 141 cm³/mol. The molecule has 0 atom stereocenters. The normalized spacial score (nSPS) is 10.9. The minimum atomic E-state index is -0.196. The van der Waals surface area contributed by atoms with E-state index in [9.17, 15) is 9.59 Å². The highest BCUT2D eigenvalue weighted by atomic mass is 16.5. The van der Waals surface area contributed by atoms with Crippen molar-refractivity contribution < 1.29 is 19.1 Å². The molecule has 194 valence electrons. The van der Waals surface area contributed by atoms with Gasteiger partial charge in [0.1, 0.15) is 11.5 Å². The van der Waals surface area contributed by atoms with Gasteiger partial charge in [-0.2, -0.15) is 0 Å². The topological polar surface area (TPSA) is 52.6 Å². The molecule has 0 saturated carbocycles. The Hall–Kier alpha value is -1.84. The summed E-state index contributed by atoms with van der Waals surface area (Å²) in [5, 5.41) is 0. The predicted octanol–water partition coefficient (Wildman–Crippen LogP) is 9.34. The largest absolute Gasteiger partial charge is 0.427 e. The zero-order valence-corrected chi connectivity index (χ0v) is 22.1. The highest BCUT2D eigenvalue weighted by molar-refractivity contribution is 5.73. The van der Waals surface area contributed by atoms with Crippen molar-refractivity contribution in [2.24, 2.45) is 0 Å². The first-order valence-corrected chi connectivity index (χ1v) is 14.2. The highest BCUT2D eigenvalue weighted by Crippen LogP contribution is 2.20. The number of benzene rings is 1. The number of carbonyl (C=O) groups is 2. The van der Waals surface area contributed by atoms with E-state index in [4.69, 9.17) is 9.47 Å². The second-order valence-corrected chi connectivity index (χ2v) is 9.58. The van der Waals surface area contributed by atoms with Crippen LogP contribution >= 0.6 is 0 Å². The summed E-state index contributed by atoms with van der Waals surface area (Å²) in [5.74, 6) is 0.607. The maximum absolute atomic E-state index is 12.0. The van der Waals surface area contributed by atoms with Gasteiger partial charge in [0, 0.05) is 12.8 Å². The van der Waals surface area contributed by atoms with Crippen LogP contribution in [0.25, 0.3) is 0 Å². The molecule has 0 saturated heterocycles. The van der Waals surface area contributed by atoms with Crippen molar-refractivity contribution in [1.82, 2.24) is 0 Å². The Bertz CT molecular complexity index is 568. The molecule has 1 aromatic rings. The third-order valence-electron chi connectivity index (χ3n) is 6.26. The summed E-state index contributed by atoms with van der Waals surface area (Å²) < 4.78 is 10.8. The average Bonchev–Trinajstić information content (AvgIpc) is 2.83. The van der Waals surface area contributed by atoms with E-state index in [1.54, 1.807) is 24.3 Å². The van der Waals surface area contributed by atoms with Crippen molar-refractivity contribution in [1.29, 1.82) is 0 Å². The van der Waals surface area contributed by atoms with Crippen LogP contribution in [0.5, 0.6) is 11.5 Å². The molecule has 34 heavy (non-hydrogen) atoms. The third kappa shape index (κ3) is 17.6. The standard InChI is InChI=1S/C30H50O4/c1-3-5-7-9-11-13-15-17-19-21-29(31)33-27-23-25-28(26-24-27)34-30(32)22-20-18-16-14-12-10-8-6-4-2/h23-26H,3-22H2,1-2H3. The molecule has 1 aromatic carbocycles. The molecule has 0 unspecified atom stereocenters. The molecule has 0 radical (unpaired) electrons. The van der Waals surface area contributed by atoms with Crippen molar-refractivity contribution in [2.45, 2.75) is 142 Å². The Morgan fingerprint density at radius 2 is 0.735 bits per heavy atom. The Labute approximate surface area is 209 Å². The summed E-state index contributed by atoms with van der Waals surface area (Å²) in [6.07, 6.45) is 23.0. The smallest absolute Gasteiger partial charge is 0.311 e. The maximum Gasteiger partial charge on any atom is 0.311 e. The minimum absolute atomic E-state index is 0.196. The number of hydrogen-bond donors (Lipinski definition) is 0. The van der Waals surface area contributed by atoms with Crippen molar-refractivity contribution in [3.63, 3.8) is 0 Å². The van der Waals surface area contributed by atoms with Gasteiger partial charge in [0.15, 0.2) is 0 Å². The molecule has 0 aliphatic rings. The van der Waals surface area contributed by atoms with Gasteiger partial charge in [-0.3, -0.25) is 9.59 Å². The van der Waals surface area contributed by atoms with Crippen LogP contribution in [0, 0.1) is 0 Å². The lowest BCUT2D eigenvalue weighted by Crippen LogP contribution is -2.09. The number of hydrogen-bond acceptors (Lipinski definition) is 4. The molecule has 0 amide bonds. The van der Waals surface area contributed by atoms with E-state index in [1.165, 1.54) is 89.9 Å². The van der Waals surface area contributed by atoms with E-state index in [0.717, 1.165) is 25.7 Å². The Kier molecular flexibility index (Phi) is 19.2. The van der Waals surface area contributed by atoms with E-state index >= 15 is 0 Å². The van der Waals surface area contributed by atoms with Crippen LogP contribution in [0.15, 0.2) is 24.3 Å². The minimum Gasteiger partial charge on any atom is -0.427 e. The van der Waals surface area contributed by atoms with E-state index in [2.05, 4.69) is 13.8 Å². The molecule has 0 N–H and O–H groups in total. The van der Waals surface area contributed by atoms with Crippen LogP contribution < -0.4 is 9.47 Å². The van der Waals surface area contributed by atoms with Crippen LogP contribution in [0.1, 0.15) is 142 Å². The number of carbonyl (C=O) groups excluding carboxylic acids is 2. The molecule has 0 aliphatic carbocycles. The van der Waals surface area contributed by atoms with Gasteiger partial charge in [-0.1, -0.05) is 117 Å². The van der Waals surface area contributed by atoms with E-state index < -0.39 is 0 Å². The number of esters is 2. The maximum atomic E-state index is 12.0. The lowest BCUT2D eigenvalue weighted by Gasteiger charge is -2.07. The SMILES string of the molecule is CCCCCCCCCCCC(=O)Oc1ccc(OC(=O)CCCCCCCCCCC)cc1. The van der Waals surface area contributed by atoms with E-state index in [1.807, 2.05) is 0 Å². The summed E-state index contributed by atoms with van der Waals surface area (Å²) in [4.78, 5) is 24.1. The van der Waals surface area contributed by atoms with Gasteiger partial charge in [0.05, 0.1) is 0 Å². The van der Waals surface area contributed by atoms with Crippen LogP contribution in [-0.2, 0) is 9.59 Å². The van der Waals surface area contributed by atoms with Crippen LogP contribution in [0.3, 0.4) is 0 Å². The van der Waals surface area contributed by atoms with Crippen molar-refractivity contribution in [2.75, 3.05) is 0 Å². The number of ether oxygens (including phenoxy) is 2. The van der Waals surface area contributed by atoms with Gasteiger partial charge < -0.3 is 9.47 Å². The molecule has 4 heteroatoms. The number of unbranched alkanes of at least 4 members (excludes halogenated alkanes) is 16. The number of rotatable bonds is 22. The highest BCUT2D eigenvalue weighted by Gasteiger charge is 2.08. The molecular formula is C30H50O4. The van der Waals surface area contributed by atoms with E-state index in [0.29, 0.717) is 24.3 Å². The summed E-state index contributed by atoms with van der Waals surface area (Å²) in [6, 6.07) is 6.76. The van der Waals surface area contributed by atoms with Gasteiger partial charge in [0.2, 0.25) is 0 Å². The fourth-order valence-electron chi connectivity index (χ4n) is 4.10. The summed E-state index contributed by atoms with van der Waals surface area (Å²) in [5.41, 5.74) is 0. The molecule has 0 fully saturated rings. The first-order valence-electron chi connectivity index (χ1n) is 14.2. The van der Waals surface area contributed by atoms with Gasteiger partial charge in [0.25, 0.3) is 0 Å². The molecule has 0 spiro atoms. The molecule has 1 rings (SSSR count). The lowest BCUT2D eigenvalue weighted by molar-refractivity contribution is -0.135. The van der Waals surface area contributed by atoms with E-state index in [-0.39, 0.29) is 11.9 Å². The molecule has 0 aromatic heterocycles. The van der Waals surface area contributed by atoms with Crippen molar-refractivity contribution in [3.05, 3.63) is 24.3 Å². The van der Waals surface area contributed by atoms with Crippen LogP contribution in [-0.4, -0.2) is 11.9 Å². The second-order valence-electron chi connectivity index (χ2n) is 9.58. The molecular weight excluding hydrogens is 424 g/mol. The quantitative estimate of drug-likeness (QED) is 0.0954. The van der Waals surface area contributed by atoms with Crippen LogP contribution in [0.2, 0.25) is 0 Å². The molecule has 0 heterocycles. The second kappa shape index (κ2) is 21.7. The fourth-order valence-corrected chi connectivity index (χ4v) is 4.10.